The number of nitrogens with one attached hydrogen (secondary N) is 1. The van der Waals surface area contributed by atoms with E-state index in [9.17, 15) is 4.79 Å². The Balaban J connectivity index is 1.81. The van der Waals surface area contributed by atoms with Gasteiger partial charge >= 0.3 is 5.97 Å². The predicted molar refractivity (Wildman–Crippen MR) is 104 cm³/mol. The molecule has 0 atom stereocenters. The Labute approximate surface area is 156 Å². The molecule has 0 aromatic heterocycles. The second-order valence-electron chi connectivity index (χ2n) is 6.54. The molecule has 26 heavy (non-hydrogen) atoms. The lowest BCUT2D eigenvalue weighted by Gasteiger charge is -2.33. The molecule has 144 valence electrons. The number of guanidine groups is 1. The fraction of sp³-hybridized carbons (Fsp3) is 0.600. The number of likely N-dealkylation sites (tertiary alicyclic amines) is 1. The van der Waals surface area contributed by atoms with Crippen molar-refractivity contribution in [1.29, 1.82) is 0 Å². The zero-order chi connectivity index (χ0) is 18.9. The predicted octanol–water partition coefficient (Wildman–Crippen LogP) is 2.40. The summed E-state index contributed by atoms with van der Waals surface area (Å²) in [5, 5.41) is 3.43. The summed E-state index contributed by atoms with van der Waals surface area (Å²) in [5.74, 6) is 1.77. The molecule has 0 radical (unpaired) electrons. The van der Waals surface area contributed by atoms with Crippen LogP contribution < -0.4 is 10.1 Å². The third kappa shape index (κ3) is 5.38. The van der Waals surface area contributed by atoms with Gasteiger partial charge in [-0.15, -0.1) is 0 Å². The molecule has 0 unspecified atom stereocenters. The Morgan fingerprint density at radius 2 is 2.08 bits per heavy atom. The Morgan fingerprint density at radius 3 is 2.69 bits per heavy atom. The summed E-state index contributed by atoms with van der Waals surface area (Å²) in [6.45, 7) is 6.79. The van der Waals surface area contributed by atoms with Crippen LogP contribution in [0.4, 0.5) is 0 Å². The molecule has 1 aliphatic rings. The van der Waals surface area contributed by atoms with Gasteiger partial charge in [-0.25, -0.2) is 0 Å². The van der Waals surface area contributed by atoms with E-state index in [1.165, 1.54) is 5.56 Å². The number of piperidine rings is 1. The smallest absolute Gasteiger partial charge is 0.309 e. The molecule has 0 aliphatic carbocycles. The molecule has 1 heterocycles. The van der Waals surface area contributed by atoms with Crippen molar-refractivity contribution in [3.8, 4) is 5.75 Å². The molecule has 2 rings (SSSR count). The number of hydrogen-bond acceptors (Lipinski definition) is 4. The molecule has 1 aliphatic heterocycles. The van der Waals surface area contributed by atoms with Crippen LogP contribution in [0, 0.1) is 12.8 Å². The minimum Gasteiger partial charge on any atom is -0.496 e. The lowest BCUT2D eigenvalue weighted by molar-refractivity contribution is -0.149. The summed E-state index contributed by atoms with van der Waals surface area (Å²) in [5.41, 5.74) is 2.38. The van der Waals surface area contributed by atoms with Crippen molar-refractivity contribution in [2.75, 3.05) is 40.4 Å². The normalized spacial score (nSPS) is 15.7. The van der Waals surface area contributed by atoms with Crippen LogP contribution in [0.5, 0.6) is 5.75 Å². The Hall–Kier alpha value is -2.24. The summed E-state index contributed by atoms with van der Waals surface area (Å²) in [6.07, 6.45) is 2.53. The van der Waals surface area contributed by atoms with E-state index < -0.39 is 0 Å². The maximum absolute atomic E-state index is 11.9. The van der Waals surface area contributed by atoms with Gasteiger partial charge in [-0.05, 0) is 50.3 Å². The van der Waals surface area contributed by atoms with Crippen LogP contribution in [0.15, 0.2) is 23.2 Å². The molecular formula is C20H31N3O3. The first-order valence-corrected chi connectivity index (χ1v) is 9.34. The Morgan fingerprint density at radius 1 is 1.35 bits per heavy atom. The second kappa shape index (κ2) is 10.0. The number of carbonyl (C=O) groups is 1. The topological polar surface area (TPSA) is 63.2 Å². The fourth-order valence-corrected chi connectivity index (χ4v) is 3.26. The number of benzene rings is 1. The molecule has 6 nitrogen and oxygen atoms in total. The Kier molecular flexibility index (Phi) is 7.75. The van der Waals surface area contributed by atoms with E-state index in [0.717, 1.165) is 56.2 Å². The van der Waals surface area contributed by atoms with Crippen molar-refractivity contribution in [3.63, 3.8) is 0 Å². The number of carbonyl (C=O) groups excluding carboxylic acids is 1. The number of methoxy groups -OCH3 is 1. The van der Waals surface area contributed by atoms with E-state index in [1.807, 2.05) is 13.8 Å². The largest absolute Gasteiger partial charge is 0.496 e. The Bertz CT molecular complexity index is 623. The van der Waals surface area contributed by atoms with Gasteiger partial charge in [0.05, 0.1) is 19.6 Å². The fourth-order valence-electron chi connectivity index (χ4n) is 3.26. The van der Waals surface area contributed by atoms with Crippen LogP contribution in [-0.4, -0.2) is 57.2 Å². The van der Waals surface area contributed by atoms with Gasteiger partial charge in [0, 0.05) is 26.7 Å². The first-order chi connectivity index (χ1) is 12.6. The van der Waals surface area contributed by atoms with Gasteiger partial charge in [-0.3, -0.25) is 9.79 Å². The molecule has 0 amide bonds. The highest BCUT2D eigenvalue weighted by Crippen LogP contribution is 2.20. The van der Waals surface area contributed by atoms with Crippen molar-refractivity contribution in [2.24, 2.45) is 10.9 Å². The first-order valence-electron chi connectivity index (χ1n) is 9.34. The van der Waals surface area contributed by atoms with E-state index in [4.69, 9.17) is 9.47 Å². The van der Waals surface area contributed by atoms with Gasteiger partial charge in [-0.1, -0.05) is 12.1 Å². The minimum atomic E-state index is -0.0663. The van der Waals surface area contributed by atoms with Crippen LogP contribution in [0.2, 0.25) is 0 Å². The zero-order valence-electron chi connectivity index (χ0n) is 16.4. The van der Waals surface area contributed by atoms with Gasteiger partial charge in [-0.2, -0.15) is 0 Å². The number of hydrogen-bond donors (Lipinski definition) is 1. The molecule has 1 saturated heterocycles. The highest BCUT2D eigenvalue weighted by Gasteiger charge is 2.27. The standard InChI is InChI=1S/C20H31N3O3/c1-5-26-19(24)17-9-12-23(13-10-17)20(21-3)22-11-8-16-7-6-15(2)18(14-16)25-4/h6-7,14,17H,5,8-13H2,1-4H3,(H,21,22). The van der Waals surface area contributed by atoms with Crippen molar-refractivity contribution < 1.29 is 14.3 Å². The van der Waals surface area contributed by atoms with Crippen LogP contribution in [-0.2, 0) is 16.0 Å². The molecule has 1 aromatic carbocycles. The molecule has 0 saturated carbocycles. The van der Waals surface area contributed by atoms with Crippen molar-refractivity contribution >= 4 is 11.9 Å². The summed E-state index contributed by atoms with van der Waals surface area (Å²) in [4.78, 5) is 18.5. The van der Waals surface area contributed by atoms with E-state index in [2.05, 4.69) is 33.4 Å². The highest BCUT2D eigenvalue weighted by atomic mass is 16.5. The van der Waals surface area contributed by atoms with E-state index in [0.29, 0.717) is 6.61 Å². The number of aryl methyl sites for hydroxylation is 1. The van der Waals surface area contributed by atoms with Gasteiger partial charge in [0.1, 0.15) is 5.75 Å². The molecule has 1 N–H and O–H groups in total. The lowest BCUT2D eigenvalue weighted by atomic mass is 9.97. The number of nitrogens with zero attached hydrogens (tertiary/aromatic N) is 2. The van der Waals surface area contributed by atoms with Crippen LogP contribution in [0.25, 0.3) is 0 Å². The van der Waals surface area contributed by atoms with Gasteiger partial charge < -0.3 is 19.7 Å². The summed E-state index contributed by atoms with van der Waals surface area (Å²) in [6, 6.07) is 6.31. The highest BCUT2D eigenvalue weighted by molar-refractivity contribution is 5.80. The van der Waals surface area contributed by atoms with Gasteiger partial charge in [0.25, 0.3) is 0 Å². The molecule has 6 heteroatoms. The monoisotopic (exact) mass is 361 g/mol. The van der Waals surface area contributed by atoms with E-state index in [1.54, 1.807) is 14.2 Å². The van der Waals surface area contributed by atoms with E-state index in [-0.39, 0.29) is 11.9 Å². The summed E-state index contributed by atoms with van der Waals surface area (Å²) >= 11 is 0. The third-order valence-electron chi connectivity index (χ3n) is 4.80. The molecule has 0 spiro atoms. The van der Waals surface area contributed by atoms with E-state index >= 15 is 0 Å². The number of ether oxygens (including phenoxy) is 2. The minimum absolute atomic E-state index is 0.0179. The van der Waals surface area contributed by atoms with Crippen molar-refractivity contribution in [1.82, 2.24) is 10.2 Å². The average Bonchev–Trinajstić information content (AvgIpc) is 2.67. The second-order valence-corrected chi connectivity index (χ2v) is 6.54. The molecule has 1 aromatic rings. The molecule has 1 fully saturated rings. The maximum atomic E-state index is 11.9. The van der Waals surface area contributed by atoms with Crippen LogP contribution in [0.1, 0.15) is 30.9 Å². The number of rotatable bonds is 6. The first kappa shape index (κ1) is 20.1. The van der Waals surface area contributed by atoms with Gasteiger partial charge in [0.2, 0.25) is 0 Å². The molecule has 0 bridgehead atoms. The average molecular weight is 361 g/mol. The summed E-state index contributed by atoms with van der Waals surface area (Å²) < 4.78 is 10.5. The van der Waals surface area contributed by atoms with Crippen LogP contribution in [0.3, 0.4) is 0 Å². The maximum Gasteiger partial charge on any atom is 0.309 e. The SMILES string of the molecule is CCOC(=O)C1CCN(C(=NC)NCCc2ccc(C)c(OC)c2)CC1. The van der Waals surface area contributed by atoms with Gasteiger partial charge in [0.15, 0.2) is 5.96 Å². The number of esters is 1. The van der Waals surface area contributed by atoms with Crippen LogP contribution >= 0.6 is 0 Å². The van der Waals surface area contributed by atoms with Crippen molar-refractivity contribution in [2.45, 2.75) is 33.1 Å². The zero-order valence-corrected chi connectivity index (χ0v) is 16.4. The lowest BCUT2D eigenvalue weighted by Crippen LogP contribution is -2.47. The third-order valence-corrected chi connectivity index (χ3v) is 4.80. The number of aliphatic imine (C=N–C) groups is 1. The molecular weight excluding hydrogens is 330 g/mol. The van der Waals surface area contributed by atoms with Crippen molar-refractivity contribution in [3.05, 3.63) is 29.3 Å². The summed E-state index contributed by atoms with van der Waals surface area (Å²) in [7, 11) is 3.50. The quantitative estimate of drug-likeness (QED) is 0.479.